The lowest BCUT2D eigenvalue weighted by atomic mass is 9.96. The maximum absolute atomic E-state index is 12.6. The van der Waals surface area contributed by atoms with Crippen LogP contribution in [0.3, 0.4) is 0 Å². The fourth-order valence-electron chi connectivity index (χ4n) is 2.90. The topological polar surface area (TPSA) is 95.5 Å². The van der Waals surface area contributed by atoms with Crippen LogP contribution in [0.25, 0.3) is 0 Å². The molecule has 1 aliphatic rings. The van der Waals surface area contributed by atoms with E-state index < -0.39 is 16.0 Å². The molecule has 8 heteroatoms. The van der Waals surface area contributed by atoms with E-state index in [0.29, 0.717) is 0 Å². The number of hydrazine groups is 1. The molecule has 128 valence electrons. The van der Waals surface area contributed by atoms with E-state index in [4.69, 9.17) is 11.6 Å². The zero-order valence-corrected chi connectivity index (χ0v) is 14.5. The predicted molar refractivity (Wildman–Crippen MR) is 88.1 cm³/mol. The first-order valence-electron chi connectivity index (χ1n) is 7.68. The molecule has 0 amide bonds. The van der Waals surface area contributed by atoms with Crippen LogP contribution in [0, 0.1) is 0 Å². The molecule has 0 saturated heterocycles. The third-order valence-electron chi connectivity index (χ3n) is 4.07. The van der Waals surface area contributed by atoms with Gasteiger partial charge in [-0.2, -0.15) is 0 Å². The molecule has 0 aromatic heterocycles. The van der Waals surface area contributed by atoms with Crippen molar-refractivity contribution >= 4 is 27.6 Å². The van der Waals surface area contributed by atoms with E-state index in [9.17, 15) is 18.3 Å². The number of aromatic carboxylic acids is 1. The van der Waals surface area contributed by atoms with Gasteiger partial charge in [0.15, 0.2) is 0 Å². The summed E-state index contributed by atoms with van der Waals surface area (Å²) in [5, 5.41) is 9.26. The molecule has 1 aromatic carbocycles. The van der Waals surface area contributed by atoms with Crippen LogP contribution in [0.5, 0.6) is 0 Å². The zero-order valence-electron chi connectivity index (χ0n) is 12.9. The van der Waals surface area contributed by atoms with Gasteiger partial charge >= 0.3 is 5.97 Å². The van der Waals surface area contributed by atoms with Gasteiger partial charge in [0.25, 0.3) is 10.0 Å². The maximum Gasteiger partial charge on any atom is 0.336 e. The van der Waals surface area contributed by atoms with Crippen molar-refractivity contribution in [1.29, 1.82) is 0 Å². The number of halogens is 1. The molecular weight excluding hydrogens is 340 g/mol. The lowest BCUT2D eigenvalue weighted by Gasteiger charge is -2.23. The average Bonchev–Trinajstić information content (AvgIpc) is 2.53. The van der Waals surface area contributed by atoms with Crippen LogP contribution in [0.15, 0.2) is 17.0 Å². The molecule has 0 heterocycles. The van der Waals surface area contributed by atoms with Crippen LogP contribution in [-0.4, -0.2) is 25.5 Å². The van der Waals surface area contributed by atoms with Crippen LogP contribution < -0.4 is 10.3 Å². The van der Waals surface area contributed by atoms with Gasteiger partial charge in [0.2, 0.25) is 0 Å². The molecule has 3 N–H and O–H groups in total. The van der Waals surface area contributed by atoms with Crippen molar-refractivity contribution in [1.82, 2.24) is 10.3 Å². The van der Waals surface area contributed by atoms with Crippen molar-refractivity contribution in [2.45, 2.75) is 56.4 Å². The number of nitrogens with one attached hydrogen (secondary N) is 2. The molecule has 0 spiro atoms. The number of hydrogen-bond acceptors (Lipinski definition) is 4. The van der Waals surface area contributed by atoms with E-state index in [2.05, 4.69) is 10.3 Å². The average molecular weight is 361 g/mol. The molecule has 2 rings (SSSR count). The van der Waals surface area contributed by atoms with Gasteiger partial charge < -0.3 is 5.11 Å². The fraction of sp³-hybridized carbons (Fsp3) is 0.533. The third-order valence-corrected chi connectivity index (χ3v) is 5.89. The quantitative estimate of drug-likeness (QED) is 0.678. The van der Waals surface area contributed by atoms with Gasteiger partial charge in [-0.15, -0.1) is 4.83 Å². The Labute approximate surface area is 141 Å². The molecule has 23 heavy (non-hydrogen) atoms. The Morgan fingerprint density at radius 3 is 2.52 bits per heavy atom. The van der Waals surface area contributed by atoms with E-state index >= 15 is 0 Å². The summed E-state index contributed by atoms with van der Waals surface area (Å²) in [7, 11) is -3.95. The molecule has 0 unspecified atom stereocenters. The van der Waals surface area contributed by atoms with Crippen molar-refractivity contribution in [2.24, 2.45) is 0 Å². The van der Waals surface area contributed by atoms with Crippen molar-refractivity contribution in [3.63, 3.8) is 0 Å². The van der Waals surface area contributed by atoms with Gasteiger partial charge in [-0.05, 0) is 37.0 Å². The molecule has 0 bridgehead atoms. The number of carboxylic acids is 1. The number of carbonyl (C=O) groups is 1. The van der Waals surface area contributed by atoms with E-state index in [0.717, 1.165) is 32.1 Å². The molecule has 6 nitrogen and oxygen atoms in total. The second-order valence-corrected chi connectivity index (χ2v) is 7.67. The van der Waals surface area contributed by atoms with E-state index in [1.54, 1.807) is 6.92 Å². The van der Waals surface area contributed by atoms with Gasteiger partial charge in [-0.3, -0.25) is 0 Å². The number of sulfonamides is 1. The van der Waals surface area contributed by atoms with Crippen molar-refractivity contribution < 1.29 is 18.3 Å². The summed E-state index contributed by atoms with van der Waals surface area (Å²) in [5.74, 6) is -1.17. The minimum atomic E-state index is -3.95. The first kappa shape index (κ1) is 18.2. The normalized spacial score (nSPS) is 16.4. The number of rotatable bonds is 6. The number of hydrogen-bond donors (Lipinski definition) is 3. The molecule has 1 fully saturated rings. The van der Waals surface area contributed by atoms with Gasteiger partial charge in [0, 0.05) is 6.04 Å². The van der Waals surface area contributed by atoms with Crippen LogP contribution in [0.1, 0.15) is 54.9 Å². The molecule has 0 atom stereocenters. The third kappa shape index (κ3) is 4.23. The molecular formula is C15H21ClN2O4S. The lowest BCUT2D eigenvalue weighted by molar-refractivity contribution is 0.0695. The van der Waals surface area contributed by atoms with Crippen LogP contribution in [0.4, 0.5) is 0 Å². The maximum atomic E-state index is 12.6. The highest BCUT2D eigenvalue weighted by molar-refractivity contribution is 7.89. The summed E-state index contributed by atoms with van der Waals surface area (Å²) in [6.45, 7) is 1.70. The Morgan fingerprint density at radius 1 is 1.30 bits per heavy atom. The van der Waals surface area contributed by atoms with Gasteiger partial charge in [0.05, 0.1) is 10.6 Å². The Hall–Kier alpha value is -1.15. The van der Waals surface area contributed by atoms with Crippen LogP contribution in [0.2, 0.25) is 5.02 Å². The first-order chi connectivity index (χ1) is 10.9. The summed E-state index contributed by atoms with van der Waals surface area (Å²) in [5.41, 5.74) is 3.01. The molecule has 1 aromatic rings. The van der Waals surface area contributed by atoms with E-state index in [-0.39, 0.29) is 33.5 Å². The summed E-state index contributed by atoms with van der Waals surface area (Å²) >= 11 is 6.05. The van der Waals surface area contributed by atoms with E-state index in [1.807, 2.05) is 0 Å². The molecule has 1 aliphatic carbocycles. The second kappa shape index (κ2) is 7.61. The highest BCUT2D eigenvalue weighted by Crippen LogP contribution is 2.29. The smallest absolute Gasteiger partial charge is 0.336 e. The van der Waals surface area contributed by atoms with Crippen molar-refractivity contribution in [2.75, 3.05) is 0 Å². The molecule has 0 radical (unpaired) electrons. The van der Waals surface area contributed by atoms with Gasteiger partial charge in [-0.1, -0.05) is 37.8 Å². The van der Waals surface area contributed by atoms with Gasteiger partial charge in [-0.25, -0.2) is 18.6 Å². The Bertz CT molecular complexity index is 685. The lowest BCUT2D eigenvalue weighted by Crippen LogP contribution is -2.45. The second-order valence-electron chi connectivity index (χ2n) is 5.65. The first-order valence-corrected chi connectivity index (χ1v) is 9.55. The Kier molecular flexibility index (Phi) is 6.02. The van der Waals surface area contributed by atoms with Crippen molar-refractivity contribution in [3.8, 4) is 0 Å². The number of benzene rings is 1. The molecule has 1 saturated carbocycles. The fourth-order valence-corrected chi connectivity index (χ4v) is 4.71. The summed E-state index contributed by atoms with van der Waals surface area (Å²) in [6.07, 6.45) is 5.36. The van der Waals surface area contributed by atoms with Crippen LogP contribution in [-0.2, 0) is 16.4 Å². The largest absolute Gasteiger partial charge is 0.478 e. The zero-order chi connectivity index (χ0) is 17.0. The minimum Gasteiger partial charge on any atom is -0.478 e. The predicted octanol–water partition coefficient (Wildman–Crippen LogP) is 2.72. The van der Waals surface area contributed by atoms with Crippen molar-refractivity contribution in [3.05, 3.63) is 28.3 Å². The molecule has 0 aliphatic heterocycles. The van der Waals surface area contributed by atoms with E-state index in [1.165, 1.54) is 12.1 Å². The summed E-state index contributed by atoms with van der Waals surface area (Å²) in [4.78, 5) is 13.5. The Morgan fingerprint density at radius 2 is 1.96 bits per heavy atom. The Balaban J connectivity index is 2.31. The van der Waals surface area contributed by atoms with Crippen LogP contribution >= 0.6 is 11.6 Å². The van der Waals surface area contributed by atoms with Gasteiger partial charge in [0.1, 0.15) is 4.90 Å². The highest BCUT2D eigenvalue weighted by Gasteiger charge is 2.26. The summed E-state index contributed by atoms with van der Waals surface area (Å²) < 4.78 is 25.2. The SMILES string of the molecule is CCc1c(C(=O)O)ccc(Cl)c1S(=O)(=O)NNC1CCCCC1. The monoisotopic (exact) mass is 360 g/mol. The highest BCUT2D eigenvalue weighted by atomic mass is 35.5. The number of carboxylic acid groups (broad SMARTS) is 1. The minimum absolute atomic E-state index is 0.0183. The standard InChI is InChI=1S/C15H21ClN2O4S/c1-2-11-12(15(19)20)8-9-13(16)14(11)23(21,22)18-17-10-6-4-3-5-7-10/h8-10,17-18H,2-7H2,1H3,(H,19,20). The summed E-state index contributed by atoms with van der Waals surface area (Å²) in [6, 6.07) is 2.72.